The summed E-state index contributed by atoms with van der Waals surface area (Å²) in [6, 6.07) is 88.0. The zero-order valence-electron chi connectivity index (χ0n) is 33.0. The van der Waals surface area contributed by atoms with Gasteiger partial charge >= 0.3 is 0 Å². The Morgan fingerprint density at radius 1 is 0.283 bits per heavy atom. The van der Waals surface area contributed by atoms with E-state index in [0.717, 1.165) is 39.4 Å². The Hall–Kier alpha value is -7.94. The van der Waals surface area contributed by atoms with Gasteiger partial charge in [-0.25, -0.2) is 0 Å². The number of anilines is 3. The van der Waals surface area contributed by atoms with Crippen molar-refractivity contribution in [2.24, 2.45) is 0 Å². The van der Waals surface area contributed by atoms with Gasteiger partial charge in [-0.1, -0.05) is 170 Å². The smallest absolute Gasteiger partial charge is 0.0547 e. The van der Waals surface area contributed by atoms with E-state index >= 15 is 0 Å². The summed E-state index contributed by atoms with van der Waals surface area (Å²) in [6.45, 7) is 0. The zero-order valence-corrected chi connectivity index (χ0v) is 33.0. The molecule has 1 aromatic heterocycles. The molecule has 0 aliphatic rings. The lowest BCUT2D eigenvalue weighted by molar-refractivity contribution is 1.18. The first-order chi connectivity index (χ1) is 29.7. The van der Waals surface area contributed by atoms with Crippen molar-refractivity contribution < 1.29 is 0 Å². The van der Waals surface area contributed by atoms with Crippen molar-refractivity contribution in [3.8, 4) is 50.2 Å². The van der Waals surface area contributed by atoms with Crippen LogP contribution in [-0.2, 0) is 0 Å². The van der Waals surface area contributed by atoms with Crippen molar-refractivity contribution in [1.29, 1.82) is 0 Å². The van der Waals surface area contributed by atoms with Crippen LogP contribution in [0.2, 0.25) is 0 Å². The molecule has 11 rings (SSSR count). The van der Waals surface area contributed by atoms with Crippen LogP contribution in [-0.4, -0.2) is 4.57 Å². The molecule has 0 N–H and O–H groups in total. The van der Waals surface area contributed by atoms with Crippen molar-refractivity contribution in [2.75, 3.05) is 4.90 Å². The molecule has 0 unspecified atom stereocenters. The molecule has 11 aromatic rings. The summed E-state index contributed by atoms with van der Waals surface area (Å²) in [6.07, 6.45) is 0. The van der Waals surface area contributed by atoms with Gasteiger partial charge in [0.1, 0.15) is 0 Å². The van der Waals surface area contributed by atoms with Gasteiger partial charge in [0.05, 0.1) is 11.0 Å². The number of aromatic nitrogens is 1. The Bertz CT molecular complexity index is 3240. The van der Waals surface area contributed by atoms with Crippen molar-refractivity contribution in [1.82, 2.24) is 4.57 Å². The number of hydrogen-bond donors (Lipinski definition) is 0. The number of rotatable bonds is 8. The molecule has 10 aromatic carbocycles. The summed E-state index contributed by atoms with van der Waals surface area (Å²) in [4.78, 5) is 2.43. The molecule has 2 heteroatoms. The van der Waals surface area contributed by atoms with E-state index in [-0.39, 0.29) is 0 Å². The number of hydrogen-bond acceptors (Lipinski definition) is 1. The number of para-hydroxylation sites is 1. The van der Waals surface area contributed by atoms with E-state index in [1.54, 1.807) is 0 Å². The third kappa shape index (κ3) is 6.41. The second-order valence-corrected chi connectivity index (χ2v) is 15.4. The van der Waals surface area contributed by atoms with E-state index in [1.165, 1.54) is 60.4 Å². The first kappa shape index (κ1) is 35.2. The van der Waals surface area contributed by atoms with Crippen molar-refractivity contribution in [3.63, 3.8) is 0 Å². The summed E-state index contributed by atoms with van der Waals surface area (Å²) in [7, 11) is 0. The standard InChI is InChI=1S/C58H40N2/c1-5-18-41(19-6-1)44-26-15-30-51(35-44)59(53-37-48(42-20-7-2-8-21-42)34-49(38-53)43-22-9-3-10-23-43)52-31-16-27-47(36-52)54-32-17-33-56-58(54)55-39-45-24-13-14-25-46(45)40-57(55)60(56)50-28-11-4-12-29-50/h1-40H. The second-order valence-electron chi connectivity index (χ2n) is 15.4. The highest BCUT2D eigenvalue weighted by Gasteiger charge is 2.20. The van der Waals surface area contributed by atoms with Gasteiger partial charge in [0.15, 0.2) is 0 Å². The van der Waals surface area contributed by atoms with Crippen LogP contribution in [0.1, 0.15) is 0 Å². The first-order valence-corrected chi connectivity index (χ1v) is 20.6. The Balaban J connectivity index is 1.15. The molecule has 2 nitrogen and oxygen atoms in total. The molecule has 0 radical (unpaired) electrons. The predicted molar refractivity (Wildman–Crippen MR) is 255 cm³/mol. The van der Waals surface area contributed by atoms with E-state index in [0.29, 0.717) is 0 Å². The number of fused-ring (bicyclic) bond motifs is 4. The quantitative estimate of drug-likeness (QED) is 0.150. The molecule has 0 saturated carbocycles. The van der Waals surface area contributed by atoms with Gasteiger partial charge < -0.3 is 9.47 Å². The molecular formula is C58H40N2. The van der Waals surface area contributed by atoms with E-state index < -0.39 is 0 Å². The van der Waals surface area contributed by atoms with E-state index in [9.17, 15) is 0 Å². The van der Waals surface area contributed by atoms with Crippen LogP contribution in [0.3, 0.4) is 0 Å². The molecular weight excluding hydrogens is 725 g/mol. The normalized spacial score (nSPS) is 11.3. The fraction of sp³-hybridized carbons (Fsp3) is 0. The predicted octanol–water partition coefficient (Wildman–Crippen LogP) is 16.1. The maximum absolute atomic E-state index is 2.43. The Kier molecular flexibility index (Phi) is 8.87. The van der Waals surface area contributed by atoms with E-state index in [1.807, 2.05) is 0 Å². The Morgan fingerprint density at radius 2 is 0.750 bits per heavy atom. The van der Waals surface area contributed by atoms with Crippen LogP contribution in [0.5, 0.6) is 0 Å². The molecule has 0 fully saturated rings. The van der Waals surface area contributed by atoms with Crippen LogP contribution in [0, 0.1) is 0 Å². The lowest BCUT2D eigenvalue weighted by atomic mass is 9.96. The summed E-state index contributed by atoms with van der Waals surface area (Å²) in [5, 5.41) is 4.95. The van der Waals surface area contributed by atoms with E-state index in [4.69, 9.17) is 0 Å². The van der Waals surface area contributed by atoms with Gasteiger partial charge in [-0.2, -0.15) is 0 Å². The van der Waals surface area contributed by atoms with Crippen molar-refractivity contribution in [3.05, 3.63) is 243 Å². The molecule has 0 atom stereocenters. The lowest BCUT2D eigenvalue weighted by Gasteiger charge is -2.28. The minimum atomic E-state index is 1.08. The molecule has 0 amide bonds. The van der Waals surface area contributed by atoms with Gasteiger partial charge in [-0.3, -0.25) is 0 Å². The molecule has 0 aliphatic carbocycles. The fourth-order valence-corrected chi connectivity index (χ4v) is 8.90. The topological polar surface area (TPSA) is 8.17 Å². The monoisotopic (exact) mass is 764 g/mol. The molecule has 0 spiro atoms. The second kappa shape index (κ2) is 15.1. The van der Waals surface area contributed by atoms with Crippen LogP contribution in [0.4, 0.5) is 17.1 Å². The van der Waals surface area contributed by atoms with E-state index in [2.05, 4.69) is 252 Å². The molecule has 282 valence electrons. The Morgan fingerprint density at radius 3 is 1.37 bits per heavy atom. The van der Waals surface area contributed by atoms with Gasteiger partial charge in [0.2, 0.25) is 0 Å². The molecule has 0 aliphatic heterocycles. The highest BCUT2D eigenvalue weighted by atomic mass is 15.1. The van der Waals surface area contributed by atoms with Crippen molar-refractivity contribution in [2.45, 2.75) is 0 Å². The molecule has 0 bridgehead atoms. The maximum Gasteiger partial charge on any atom is 0.0547 e. The fourth-order valence-electron chi connectivity index (χ4n) is 8.90. The molecule has 0 saturated heterocycles. The maximum atomic E-state index is 2.43. The zero-order chi connectivity index (χ0) is 39.8. The summed E-state index contributed by atoms with van der Waals surface area (Å²) >= 11 is 0. The minimum Gasteiger partial charge on any atom is -0.310 e. The largest absolute Gasteiger partial charge is 0.310 e. The molecule has 60 heavy (non-hydrogen) atoms. The highest BCUT2D eigenvalue weighted by Crippen LogP contribution is 2.44. The summed E-state index contributed by atoms with van der Waals surface area (Å²) in [5.41, 5.74) is 16.2. The number of benzene rings is 10. The number of nitrogens with zero attached hydrogens (tertiary/aromatic N) is 2. The van der Waals surface area contributed by atoms with Gasteiger partial charge in [-0.05, 0) is 128 Å². The average Bonchev–Trinajstić information content (AvgIpc) is 3.65. The Labute approximate surface area is 350 Å². The minimum absolute atomic E-state index is 1.08. The van der Waals surface area contributed by atoms with Crippen molar-refractivity contribution >= 4 is 49.6 Å². The van der Waals surface area contributed by atoms with Gasteiger partial charge in [-0.15, -0.1) is 0 Å². The van der Waals surface area contributed by atoms with Crippen LogP contribution < -0.4 is 4.90 Å². The van der Waals surface area contributed by atoms with Gasteiger partial charge in [0.25, 0.3) is 0 Å². The van der Waals surface area contributed by atoms with Crippen LogP contribution >= 0.6 is 0 Å². The lowest BCUT2D eigenvalue weighted by Crippen LogP contribution is -2.10. The molecule has 1 heterocycles. The highest BCUT2D eigenvalue weighted by molar-refractivity contribution is 6.18. The van der Waals surface area contributed by atoms with Crippen LogP contribution in [0.25, 0.3) is 82.8 Å². The first-order valence-electron chi connectivity index (χ1n) is 20.6. The van der Waals surface area contributed by atoms with Gasteiger partial charge in [0, 0.05) is 33.5 Å². The summed E-state index contributed by atoms with van der Waals surface area (Å²) < 4.78 is 2.42. The average molecular weight is 765 g/mol. The third-order valence-corrected chi connectivity index (χ3v) is 11.7. The third-order valence-electron chi connectivity index (χ3n) is 11.7. The van der Waals surface area contributed by atoms with Crippen LogP contribution in [0.15, 0.2) is 243 Å². The summed E-state index contributed by atoms with van der Waals surface area (Å²) in [5.74, 6) is 0. The SMILES string of the molecule is c1ccc(-c2cccc(N(c3cc(-c4ccccc4)cc(-c4ccccc4)c3)c3cccc(-c4cccc5c4c4cc6ccccc6cc4n5-c4ccccc4)c3)c2)cc1.